The molecule has 0 amide bonds. The van der Waals surface area contributed by atoms with E-state index in [0.717, 1.165) is 0 Å². The molecule has 21 heavy (non-hydrogen) atoms. The molecule has 0 radical (unpaired) electrons. The maximum Gasteiger partial charge on any atom is 0.310 e. The molecule has 2 N–H and O–H groups in total. The SMILES string of the molecule is COC(=O)C1CN(S(=O)(=O)c2ccc(N)c(Br)c2)CC1C. The van der Waals surface area contributed by atoms with Crippen LogP contribution >= 0.6 is 15.9 Å². The normalized spacial score (nSPS) is 23.2. The molecule has 2 rings (SSSR count). The Bertz CT molecular complexity index is 662. The van der Waals surface area contributed by atoms with Gasteiger partial charge in [-0.1, -0.05) is 6.92 Å². The highest BCUT2D eigenvalue weighted by Gasteiger charge is 2.41. The number of anilines is 1. The summed E-state index contributed by atoms with van der Waals surface area (Å²) in [7, 11) is -2.34. The zero-order valence-electron chi connectivity index (χ0n) is 11.7. The fourth-order valence-corrected chi connectivity index (χ4v) is 4.52. The van der Waals surface area contributed by atoms with Crippen molar-refractivity contribution in [2.24, 2.45) is 11.8 Å². The highest BCUT2D eigenvalue weighted by atomic mass is 79.9. The molecular formula is C13H17BrN2O4S. The number of rotatable bonds is 3. The van der Waals surface area contributed by atoms with Gasteiger partial charge in [0.2, 0.25) is 10.0 Å². The number of esters is 1. The van der Waals surface area contributed by atoms with Gasteiger partial charge in [0.25, 0.3) is 0 Å². The second-order valence-electron chi connectivity index (χ2n) is 5.11. The third-order valence-electron chi connectivity index (χ3n) is 3.69. The lowest BCUT2D eigenvalue weighted by Gasteiger charge is -2.16. The predicted molar refractivity (Wildman–Crippen MR) is 82.0 cm³/mol. The zero-order valence-corrected chi connectivity index (χ0v) is 14.1. The number of sulfonamides is 1. The number of halogens is 1. The fraction of sp³-hybridized carbons (Fsp3) is 0.462. The fourth-order valence-electron chi connectivity index (χ4n) is 2.39. The van der Waals surface area contributed by atoms with Crippen LogP contribution < -0.4 is 5.73 Å². The smallest absolute Gasteiger partial charge is 0.310 e. The minimum Gasteiger partial charge on any atom is -0.469 e. The van der Waals surface area contributed by atoms with E-state index in [1.165, 1.54) is 29.6 Å². The highest BCUT2D eigenvalue weighted by Crippen LogP contribution is 2.31. The van der Waals surface area contributed by atoms with Gasteiger partial charge in [0.15, 0.2) is 0 Å². The van der Waals surface area contributed by atoms with Gasteiger partial charge in [-0.15, -0.1) is 0 Å². The number of benzene rings is 1. The first-order valence-electron chi connectivity index (χ1n) is 6.40. The third kappa shape index (κ3) is 3.07. The van der Waals surface area contributed by atoms with E-state index in [1.54, 1.807) is 0 Å². The molecule has 0 aromatic heterocycles. The van der Waals surface area contributed by atoms with Gasteiger partial charge in [0.05, 0.1) is 17.9 Å². The van der Waals surface area contributed by atoms with Crippen LogP contribution in [0.25, 0.3) is 0 Å². The molecule has 2 atom stereocenters. The number of nitrogens with two attached hydrogens (primary N) is 1. The highest BCUT2D eigenvalue weighted by molar-refractivity contribution is 9.10. The van der Waals surface area contributed by atoms with Crippen LogP contribution in [0.4, 0.5) is 5.69 Å². The number of ether oxygens (including phenoxy) is 1. The molecule has 0 spiro atoms. The van der Waals surface area contributed by atoms with Crippen LogP contribution in [0.5, 0.6) is 0 Å². The first-order valence-corrected chi connectivity index (χ1v) is 8.63. The Hall–Kier alpha value is -1.12. The van der Waals surface area contributed by atoms with Crippen LogP contribution in [-0.2, 0) is 19.6 Å². The van der Waals surface area contributed by atoms with Crippen LogP contribution in [-0.4, -0.2) is 38.9 Å². The van der Waals surface area contributed by atoms with Gasteiger partial charge in [-0.05, 0) is 40.0 Å². The average molecular weight is 377 g/mol. The quantitative estimate of drug-likeness (QED) is 0.636. The summed E-state index contributed by atoms with van der Waals surface area (Å²) in [5.74, 6) is -0.884. The minimum absolute atomic E-state index is 0.0792. The van der Waals surface area contributed by atoms with Crippen molar-refractivity contribution in [3.63, 3.8) is 0 Å². The molecular weight excluding hydrogens is 360 g/mol. The molecule has 1 aliphatic rings. The van der Waals surface area contributed by atoms with Crippen molar-refractivity contribution < 1.29 is 17.9 Å². The summed E-state index contributed by atoms with van der Waals surface area (Å²) in [6.45, 7) is 2.28. The Morgan fingerprint density at radius 2 is 2.10 bits per heavy atom. The number of nitrogens with zero attached hydrogens (tertiary/aromatic N) is 1. The topological polar surface area (TPSA) is 89.7 Å². The second-order valence-corrected chi connectivity index (χ2v) is 7.90. The Balaban J connectivity index is 2.29. The Kier molecular flexibility index (Phi) is 4.60. The van der Waals surface area contributed by atoms with Crippen LogP contribution in [0.1, 0.15) is 6.92 Å². The summed E-state index contributed by atoms with van der Waals surface area (Å²) in [4.78, 5) is 11.8. The lowest BCUT2D eigenvalue weighted by atomic mass is 9.99. The zero-order chi connectivity index (χ0) is 15.8. The van der Waals surface area contributed by atoms with E-state index >= 15 is 0 Å². The number of methoxy groups -OCH3 is 1. The van der Waals surface area contributed by atoms with Crippen molar-refractivity contribution in [3.8, 4) is 0 Å². The molecule has 1 aromatic carbocycles. The molecule has 1 heterocycles. The van der Waals surface area contributed by atoms with Crippen molar-refractivity contribution in [3.05, 3.63) is 22.7 Å². The summed E-state index contributed by atoms with van der Waals surface area (Å²) in [6.07, 6.45) is 0. The van der Waals surface area contributed by atoms with Crippen molar-refractivity contribution in [2.45, 2.75) is 11.8 Å². The summed E-state index contributed by atoms with van der Waals surface area (Å²) in [5.41, 5.74) is 6.14. The summed E-state index contributed by atoms with van der Waals surface area (Å²) >= 11 is 3.22. The van der Waals surface area contributed by atoms with E-state index in [2.05, 4.69) is 15.9 Å². The summed E-state index contributed by atoms with van der Waals surface area (Å²) in [6, 6.07) is 4.47. The van der Waals surface area contributed by atoms with E-state index in [4.69, 9.17) is 10.5 Å². The summed E-state index contributed by atoms with van der Waals surface area (Å²) < 4.78 is 31.8. The lowest BCUT2D eigenvalue weighted by molar-refractivity contribution is -0.145. The van der Waals surface area contributed by atoms with Crippen LogP contribution in [0, 0.1) is 11.8 Å². The third-order valence-corrected chi connectivity index (χ3v) is 6.21. The van der Waals surface area contributed by atoms with Gasteiger partial charge < -0.3 is 10.5 Å². The molecule has 8 heteroatoms. The Labute approximate surface area is 132 Å². The minimum atomic E-state index is -3.65. The van der Waals surface area contributed by atoms with Gasteiger partial charge in [-0.3, -0.25) is 4.79 Å². The van der Waals surface area contributed by atoms with Gasteiger partial charge in [0, 0.05) is 23.2 Å². The second kappa shape index (κ2) is 5.94. The van der Waals surface area contributed by atoms with E-state index in [0.29, 0.717) is 16.7 Å². The molecule has 1 aliphatic heterocycles. The van der Waals surface area contributed by atoms with E-state index in [-0.39, 0.29) is 23.3 Å². The van der Waals surface area contributed by atoms with Gasteiger partial charge >= 0.3 is 5.97 Å². The molecule has 2 unspecified atom stereocenters. The molecule has 116 valence electrons. The number of nitrogen functional groups attached to an aromatic ring is 1. The maximum atomic E-state index is 12.6. The van der Waals surface area contributed by atoms with Gasteiger partial charge in [-0.2, -0.15) is 4.31 Å². The van der Waals surface area contributed by atoms with Crippen molar-refractivity contribution in [2.75, 3.05) is 25.9 Å². The monoisotopic (exact) mass is 376 g/mol. The first kappa shape index (κ1) is 16.3. The maximum absolute atomic E-state index is 12.6. The molecule has 0 saturated carbocycles. The number of hydrogen-bond donors (Lipinski definition) is 1. The summed E-state index contributed by atoms with van der Waals surface area (Å²) in [5, 5.41) is 0. The van der Waals surface area contributed by atoms with Gasteiger partial charge in [0.1, 0.15) is 0 Å². The molecule has 1 aromatic rings. The molecule has 6 nitrogen and oxygen atoms in total. The van der Waals surface area contributed by atoms with E-state index in [9.17, 15) is 13.2 Å². The molecule has 0 bridgehead atoms. The van der Waals surface area contributed by atoms with E-state index < -0.39 is 15.9 Å². The Morgan fingerprint density at radius 3 is 2.67 bits per heavy atom. The average Bonchev–Trinajstić information content (AvgIpc) is 2.83. The molecule has 0 aliphatic carbocycles. The number of carbonyl (C=O) groups excluding carboxylic acids is 1. The van der Waals surface area contributed by atoms with Crippen LogP contribution in [0.15, 0.2) is 27.6 Å². The molecule has 1 fully saturated rings. The van der Waals surface area contributed by atoms with Crippen molar-refractivity contribution in [1.82, 2.24) is 4.31 Å². The first-order chi connectivity index (χ1) is 9.77. The largest absolute Gasteiger partial charge is 0.469 e. The van der Waals surface area contributed by atoms with E-state index in [1.807, 2.05) is 6.92 Å². The van der Waals surface area contributed by atoms with Crippen LogP contribution in [0.3, 0.4) is 0 Å². The standard InChI is InChI=1S/C13H17BrN2O4S/c1-8-6-16(7-10(8)13(17)20-2)21(18,19)9-3-4-12(15)11(14)5-9/h3-5,8,10H,6-7,15H2,1-2H3. The molecule has 1 saturated heterocycles. The van der Waals surface area contributed by atoms with Crippen LogP contribution in [0.2, 0.25) is 0 Å². The number of hydrogen-bond acceptors (Lipinski definition) is 5. The number of carbonyl (C=O) groups is 1. The van der Waals surface area contributed by atoms with Crippen molar-refractivity contribution >= 4 is 37.6 Å². The predicted octanol–water partition coefficient (Wildman–Crippen LogP) is 1.46. The van der Waals surface area contributed by atoms with Crippen molar-refractivity contribution in [1.29, 1.82) is 0 Å². The van der Waals surface area contributed by atoms with Gasteiger partial charge in [-0.25, -0.2) is 8.42 Å². The lowest BCUT2D eigenvalue weighted by Crippen LogP contribution is -2.30. The Morgan fingerprint density at radius 1 is 1.43 bits per heavy atom.